The van der Waals surface area contributed by atoms with Gasteiger partial charge in [0.15, 0.2) is 0 Å². The molecule has 0 spiro atoms. The van der Waals surface area contributed by atoms with E-state index in [9.17, 15) is 23.2 Å². The highest BCUT2D eigenvalue weighted by molar-refractivity contribution is 5.77. The van der Waals surface area contributed by atoms with Crippen molar-refractivity contribution in [2.24, 2.45) is 0 Å². The van der Waals surface area contributed by atoms with Gasteiger partial charge in [-0.3, -0.25) is 9.36 Å². The number of hydrogen-bond donors (Lipinski definition) is 2. The Balaban J connectivity index is 1.54. The Labute approximate surface area is 193 Å². The highest BCUT2D eigenvalue weighted by atomic mass is 19.4. The molecule has 1 saturated heterocycles. The number of fused-ring (bicyclic) bond motifs is 1. The van der Waals surface area contributed by atoms with E-state index in [0.717, 1.165) is 31.7 Å². The van der Waals surface area contributed by atoms with Crippen LogP contribution in [0.1, 0.15) is 61.9 Å². The number of pyridine rings is 1. The molecule has 3 aromatic rings. The number of rotatable bonds is 4. The summed E-state index contributed by atoms with van der Waals surface area (Å²) in [6.07, 6.45) is 3.25. The molecule has 4 heterocycles. The lowest BCUT2D eigenvalue weighted by Crippen LogP contribution is -2.30. The molecule has 8 nitrogen and oxygen atoms in total. The molecule has 0 bridgehead atoms. The molecule has 1 aliphatic carbocycles. The average molecular weight is 471 g/mol. The quantitative estimate of drug-likeness (QED) is 0.590. The summed E-state index contributed by atoms with van der Waals surface area (Å²) in [5.74, 6) is 0.0968. The molecule has 0 radical (unpaired) electrons. The molecule has 0 aromatic carbocycles. The first-order valence-corrected chi connectivity index (χ1v) is 11.4. The molecule has 3 aromatic heterocycles. The smallest absolute Gasteiger partial charge is 0.339 e. The normalized spacial score (nSPS) is 17.8. The van der Waals surface area contributed by atoms with Crippen molar-refractivity contribution >= 4 is 22.7 Å². The van der Waals surface area contributed by atoms with Crippen LogP contribution in [-0.2, 0) is 6.18 Å². The molecule has 2 aliphatic rings. The minimum absolute atomic E-state index is 0.0255. The molecular formula is C23H24F3N7O. The topological polar surface area (TPSA) is 101 Å². The molecule has 2 fully saturated rings. The zero-order valence-electron chi connectivity index (χ0n) is 18.4. The minimum Gasteiger partial charge on any atom is -0.339 e. The second-order valence-corrected chi connectivity index (χ2v) is 8.88. The number of nitriles is 1. The van der Waals surface area contributed by atoms with Crippen molar-refractivity contribution in [3.63, 3.8) is 0 Å². The second kappa shape index (κ2) is 8.76. The number of anilines is 2. The third-order valence-electron chi connectivity index (χ3n) is 6.68. The fraction of sp³-hybridized carbons (Fsp3) is 0.478. The largest absolute Gasteiger partial charge is 0.431 e. The van der Waals surface area contributed by atoms with Gasteiger partial charge in [0.25, 0.3) is 5.56 Å². The molecule has 5 rings (SSSR count). The van der Waals surface area contributed by atoms with Gasteiger partial charge in [0.05, 0.1) is 5.69 Å². The number of alkyl halides is 3. The molecule has 34 heavy (non-hydrogen) atoms. The standard InChI is InChI=1S/C23H24F3N7O/c24-23(25,26)19-10-16(13-32(19)17-5-7-28-8-6-17)30-22-29-12-15-9-14(11-27)21(34)33(20(15)31-22)18-3-1-2-4-18/h9-10,12-13,17-18,28H,1-8H2,(H,29,30,31). The van der Waals surface area contributed by atoms with E-state index in [-0.39, 0.29) is 29.3 Å². The van der Waals surface area contributed by atoms with Crippen LogP contribution in [0.3, 0.4) is 0 Å². The van der Waals surface area contributed by atoms with Crippen LogP contribution in [0.2, 0.25) is 0 Å². The lowest BCUT2D eigenvalue weighted by atomic mass is 10.1. The van der Waals surface area contributed by atoms with Crippen LogP contribution in [0, 0.1) is 11.3 Å². The van der Waals surface area contributed by atoms with E-state index in [1.54, 1.807) is 4.57 Å². The van der Waals surface area contributed by atoms with Crippen LogP contribution in [-0.4, -0.2) is 32.2 Å². The van der Waals surface area contributed by atoms with E-state index in [4.69, 9.17) is 0 Å². The lowest BCUT2D eigenvalue weighted by Gasteiger charge is -2.26. The monoisotopic (exact) mass is 471 g/mol. The molecule has 1 saturated carbocycles. The Morgan fingerprint density at radius 2 is 1.85 bits per heavy atom. The highest BCUT2D eigenvalue weighted by Gasteiger charge is 2.37. The molecule has 0 amide bonds. The predicted octanol–water partition coefficient (Wildman–Crippen LogP) is 4.27. The molecule has 0 unspecified atom stereocenters. The number of halogens is 3. The van der Waals surface area contributed by atoms with Crippen LogP contribution in [0.25, 0.3) is 11.0 Å². The van der Waals surface area contributed by atoms with Crippen molar-refractivity contribution < 1.29 is 13.2 Å². The third-order valence-corrected chi connectivity index (χ3v) is 6.68. The van der Waals surface area contributed by atoms with Gasteiger partial charge in [-0.05, 0) is 50.9 Å². The number of nitrogens with zero attached hydrogens (tertiary/aromatic N) is 5. The van der Waals surface area contributed by atoms with Crippen molar-refractivity contribution in [1.29, 1.82) is 5.26 Å². The van der Waals surface area contributed by atoms with Gasteiger partial charge in [-0.1, -0.05) is 12.8 Å². The van der Waals surface area contributed by atoms with E-state index in [0.29, 0.717) is 37.0 Å². The Kier molecular flexibility index (Phi) is 5.77. The van der Waals surface area contributed by atoms with E-state index in [1.165, 1.54) is 23.0 Å². The number of piperidine rings is 1. The third kappa shape index (κ3) is 4.14. The van der Waals surface area contributed by atoms with E-state index in [1.807, 2.05) is 6.07 Å². The summed E-state index contributed by atoms with van der Waals surface area (Å²) in [5.41, 5.74) is -0.486. The van der Waals surface area contributed by atoms with Crippen molar-refractivity contribution in [2.45, 2.75) is 56.8 Å². The summed E-state index contributed by atoms with van der Waals surface area (Å²) >= 11 is 0. The van der Waals surface area contributed by atoms with E-state index in [2.05, 4.69) is 20.6 Å². The number of aromatic nitrogens is 4. The first kappa shape index (κ1) is 22.4. The van der Waals surface area contributed by atoms with Crippen LogP contribution >= 0.6 is 0 Å². The van der Waals surface area contributed by atoms with E-state index >= 15 is 0 Å². The van der Waals surface area contributed by atoms with Gasteiger partial charge in [0.2, 0.25) is 5.95 Å². The van der Waals surface area contributed by atoms with Gasteiger partial charge in [-0.15, -0.1) is 0 Å². The maximum absolute atomic E-state index is 13.7. The summed E-state index contributed by atoms with van der Waals surface area (Å²) in [4.78, 5) is 21.7. The number of nitrogens with one attached hydrogen (secondary N) is 2. The maximum atomic E-state index is 13.7. The molecule has 1 aliphatic heterocycles. The SMILES string of the molecule is N#Cc1cc2cnc(Nc3cc(C(F)(F)F)n(C4CCNCC4)c3)nc2n(C2CCCC2)c1=O. The van der Waals surface area contributed by atoms with E-state index < -0.39 is 17.4 Å². The average Bonchev–Trinajstić information content (AvgIpc) is 3.49. The molecular weight excluding hydrogens is 447 g/mol. The van der Waals surface area contributed by atoms with Gasteiger partial charge >= 0.3 is 6.18 Å². The van der Waals surface area contributed by atoms with Gasteiger partial charge in [-0.2, -0.15) is 23.4 Å². The Morgan fingerprint density at radius 3 is 2.53 bits per heavy atom. The molecule has 2 N–H and O–H groups in total. The van der Waals surface area contributed by atoms with Crippen molar-refractivity contribution in [3.8, 4) is 6.07 Å². The second-order valence-electron chi connectivity index (χ2n) is 8.88. The Bertz CT molecular complexity index is 1310. The van der Waals surface area contributed by atoms with Gasteiger partial charge in [0.1, 0.15) is 23.0 Å². The summed E-state index contributed by atoms with van der Waals surface area (Å²) in [7, 11) is 0. The minimum atomic E-state index is -4.49. The zero-order chi connectivity index (χ0) is 23.9. The van der Waals surface area contributed by atoms with Crippen LogP contribution in [0.5, 0.6) is 0 Å². The fourth-order valence-corrected chi connectivity index (χ4v) is 5.05. The summed E-state index contributed by atoms with van der Waals surface area (Å²) in [5, 5.41) is 16.0. The number of hydrogen-bond acceptors (Lipinski definition) is 6. The highest BCUT2D eigenvalue weighted by Crippen LogP contribution is 2.37. The van der Waals surface area contributed by atoms with Gasteiger partial charge in [-0.25, -0.2) is 4.98 Å². The van der Waals surface area contributed by atoms with Crippen LogP contribution in [0.15, 0.2) is 29.3 Å². The van der Waals surface area contributed by atoms with Gasteiger partial charge < -0.3 is 15.2 Å². The molecule has 0 atom stereocenters. The Hall–Kier alpha value is -3.39. The van der Waals surface area contributed by atoms with Crippen LogP contribution in [0.4, 0.5) is 24.8 Å². The fourth-order valence-electron chi connectivity index (χ4n) is 5.05. The summed E-state index contributed by atoms with van der Waals surface area (Å²) in [6, 6.07) is 4.16. The molecule has 178 valence electrons. The predicted molar refractivity (Wildman–Crippen MR) is 120 cm³/mol. The van der Waals surface area contributed by atoms with Crippen molar-refractivity contribution in [2.75, 3.05) is 18.4 Å². The lowest BCUT2D eigenvalue weighted by molar-refractivity contribution is -0.144. The molecule has 11 heteroatoms. The van der Waals surface area contributed by atoms with Crippen LogP contribution < -0.4 is 16.2 Å². The van der Waals surface area contributed by atoms with Gasteiger partial charge in [0, 0.05) is 29.9 Å². The van der Waals surface area contributed by atoms with Crippen molar-refractivity contribution in [3.05, 3.63) is 46.1 Å². The first-order chi connectivity index (χ1) is 16.3. The zero-order valence-corrected chi connectivity index (χ0v) is 18.4. The Morgan fingerprint density at radius 1 is 1.12 bits per heavy atom. The summed E-state index contributed by atoms with van der Waals surface area (Å²) < 4.78 is 44.1. The summed E-state index contributed by atoms with van der Waals surface area (Å²) in [6.45, 7) is 1.33. The maximum Gasteiger partial charge on any atom is 0.431 e. The first-order valence-electron chi connectivity index (χ1n) is 11.4. The van der Waals surface area contributed by atoms with Crippen molar-refractivity contribution in [1.82, 2.24) is 24.4 Å².